The number of nitrogens with one attached hydrogen (secondary N) is 2. The maximum absolute atomic E-state index is 14.4. The Morgan fingerprint density at radius 1 is 1.21 bits per heavy atom. The number of phenolic OH excluding ortho intramolecular Hbond substituents is 1. The van der Waals surface area contributed by atoms with Gasteiger partial charge in [-0.25, -0.2) is 0 Å². The standard InChI is InChI=1S/C25H27F3N2O3/c1-4-14-12-24(33,25(26,27)28)23(17-10-15(13(2)3)11-20(31)22(14)17)30-19-7-5-6-18-16(19)8-9-21(32)29-18/h5-11,13-14,23,30-31,33H,4,12H2,1-3H3,(H,29,32)/t14-,23+,24-/m1/s1. The molecule has 5 nitrogen and oxygen atoms in total. The summed E-state index contributed by atoms with van der Waals surface area (Å²) in [6, 6.07) is 9.41. The highest BCUT2D eigenvalue weighted by Gasteiger charge is 2.62. The number of hydrogen-bond donors (Lipinski definition) is 4. The SMILES string of the molecule is CC[C@@H]1C[C@](O)(C(F)(F)F)[C@@H](Nc2cccc3[nH]c(=O)ccc23)c2cc(C(C)C)cc(O)c21. The second kappa shape index (κ2) is 8.09. The summed E-state index contributed by atoms with van der Waals surface area (Å²) < 4.78 is 43.2. The largest absolute Gasteiger partial charge is 0.508 e. The first kappa shape index (κ1) is 23.2. The first-order chi connectivity index (χ1) is 15.5. The van der Waals surface area contributed by atoms with E-state index in [4.69, 9.17) is 0 Å². The molecule has 0 saturated carbocycles. The molecule has 0 aliphatic heterocycles. The molecule has 0 spiro atoms. The van der Waals surface area contributed by atoms with Crippen LogP contribution in [0.2, 0.25) is 0 Å². The summed E-state index contributed by atoms with van der Waals surface area (Å²) in [7, 11) is 0. The van der Waals surface area contributed by atoms with Crippen LogP contribution in [0.4, 0.5) is 18.9 Å². The number of aromatic amines is 1. The van der Waals surface area contributed by atoms with Crippen molar-refractivity contribution in [3.8, 4) is 5.75 Å². The third kappa shape index (κ3) is 3.86. The quantitative estimate of drug-likeness (QED) is 0.402. The van der Waals surface area contributed by atoms with Gasteiger partial charge in [-0.2, -0.15) is 13.2 Å². The number of pyridine rings is 1. The Kier molecular flexibility index (Phi) is 5.68. The van der Waals surface area contributed by atoms with E-state index in [1.165, 1.54) is 12.1 Å². The molecule has 8 heteroatoms. The van der Waals surface area contributed by atoms with Gasteiger partial charge in [0.05, 0.1) is 11.6 Å². The van der Waals surface area contributed by atoms with Gasteiger partial charge in [0.15, 0.2) is 5.60 Å². The number of aliphatic hydroxyl groups is 1. The molecular weight excluding hydrogens is 433 g/mol. The third-order valence-corrected chi connectivity index (χ3v) is 6.68. The Hall–Kier alpha value is -3.00. The molecule has 4 rings (SSSR count). The van der Waals surface area contributed by atoms with Crippen LogP contribution in [-0.2, 0) is 0 Å². The summed E-state index contributed by atoms with van der Waals surface area (Å²) in [6.07, 6.45) is -5.16. The fraction of sp³-hybridized carbons (Fsp3) is 0.400. The summed E-state index contributed by atoms with van der Waals surface area (Å²) in [5, 5.41) is 25.5. The van der Waals surface area contributed by atoms with Crippen molar-refractivity contribution in [1.29, 1.82) is 0 Å². The van der Waals surface area contributed by atoms with Gasteiger partial charge in [0, 0.05) is 22.7 Å². The minimum absolute atomic E-state index is 0.0366. The number of aromatic hydroxyl groups is 1. The number of alkyl halides is 3. The number of aromatic nitrogens is 1. The molecule has 3 atom stereocenters. The van der Waals surface area contributed by atoms with Crippen molar-refractivity contribution in [2.24, 2.45) is 0 Å². The molecule has 4 N–H and O–H groups in total. The van der Waals surface area contributed by atoms with E-state index in [0.717, 1.165) is 0 Å². The zero-order valence-corrected chi connectivity index (χ0v) is 18.6. The fourth-order valence-electron chi connectivity index (χ4n) is 4.85. The molecule has 2 aromatic carbocycles. The van der Waals surface area contributed by atoms with Crippen LogP contribution >= 0.6 is 0 Å². The number of benzene rings is 2. The lowest BCUT2D eigenvalue weighted by Crippen LogP contribution is -2.55. The van der Waals surface area contributed by atoms with Gasteiger partial charge in [-0.3, -0.25) is 4.79 Å². The Morgan fingerprint density at radius 3 is 2.58 bits per heavy atom. The summed E-state index contributed by atoms with van der Waals surface area (Å²) >= 11 is 0. The normalized spacial score (nSPS) is 23.0. The van der Waals surface area contributed by atoms with Gasteiger partial charge in [0.1, 0.15) is 5.75 Å². The molecule has 33 heavy (non-hydrogen) atoms. The number of hydrogen-bond acceptors (Lipinski definition) is 4. The molecule has 1 aromatic heterocycles. The number of fused-ring (bicyclic) bond motifs is 2. The highest BCUT2D eigenvalue weighted by Crippen LogP contribution is 2.55. The van der Waals surface area contributed by atoms with E-state index in [2.05, 4.69) is 10.3 Å². The number of anilines is 1. The lowest BCUT2D eigenvalue weighted by Gasteiger charge is -2.46. The Bertz CT molecular complexity index is 1250. The Morgan fingerprint density at radius 2 is 1.94 bits per heavy atom. The number of H-pyrrole nitrogens is 1. The average molecular weight is 460 g/mol. The van der Waals surface area contributed by atoms with E-state index in [9.17, 15) is 28.2 Å². The first-order valence-electron chi connectivity index (χ1n) is 11.0. The molecule has 176 valence electrons. The highest BCUT2D eigenvalue weighted by atomic mass is 19.4. The summed E-state index contributed by atoms with van der Waals surface area (Å²) in [4.78, 5) is 14.4. The Labute approximate surface area is 189 Å². The van der Waals surface area contributed by atoms with Crippen molar-refractivity contribution in [1.82, 2.24) is 4.98 Å². The highest BCUT2D eigenvalue weighted by molar-refractivity contribution is 5.91. The van der Waals surface area contributed by atoms with E-state index in [1.54, 1.807) is 37.3 Å². The van der Waals surface area contributed by atoms with Crippen molar-refractivity contribution in [3.63, 3.8) is 0 Å². The van der Waals surface area contributed by atoms with Gasteiger partial charge in [0.2, 0.25) is 5.56 Å². The van der Waals surface area contributed by atoms with E-state index < -0.39 is 30.2 Å². The van der Waals surface area contributed by atoms with Crippen LogP contribution in [0.1, 0.15) is 68.2 Å². The number of phenols is 1. The minimum atomic E-state index is -4.92. The van der Waals surface area contributed by atoms with Gasteiger partial charge in [-0.1, -0.05) is 32.9 Å². The van der Waals surface area contributed by atoms with Gasteiger partial charge < -0.3 is 20.5 Å². The van der Waals surface area contributed by atoms with Crippen LogP contribution in [0.25, 0.3) is 10.9 Å². The maximum Gasteiger partial charge on any atom is 0.419 e. The topological polar surface area (TPSA) is 85.4 Å². The van der Waals surface area contributed by atoms with Gasteiger partial charge in [-0.05, 0) is 60.1 Å². The molecule has 0 fully saturated rings. The third-order valence-electron chi connectivity index (χ3n) is 6.68. The van der Waals surface area contributed by atoms with E-state index in [0.29, 0.717) is 34.1 Å². The molecule has 1 heterocycles. The monoisotopic (exact) mass is 460 g/mol. The van der Waals surface area contributed by atoms with Crippen LogP contribution in [0.3, 0.4) is 0 Å². The summed E-state index contributed by atoms with van der Waals surface area (Å²) in [5.74, 6) is -0.749. The fourth-order valence-corrected chi connectivity index (χ4v) is 4.85. The van der Waals surface area contributed by atoms with Crippen LogP contribution in [0.5, 0.6) is 5.75 Å². The lowest BCUT2D eigenvalue weighted by atomic mass is 9.68. The second-order valence-electron chi connectivity index (χ2n) is 9.10. The van der Waals surface area contributed by atoms with Gasteiger partial charge in [0.25, 0.3) is 0 Å². The smallest absolute Gasteiger partial charge is 0.419 e. The molecule has 1 aliphatic rings. The predicted octanol–water partition coefficient (Wildman–Crippen LogP) is 5.70. The van der Waals surface area contributed by atoms with Crippen molar-refractivity contribution in [2.75, 3.05) is 5.32 Å². The number of halogens is 3. The van der Waals surface area contributed by atoms with Crippen LogP contribution in [0, 0.1) is 0 Å². The molecule has 1 aliphatic carbocycles. The molecule has 0 bridgehead atoms. The summed E-state index contributed by atoms with van der Waals surface area (Å²) in [5.41, 5.74) is -1.24. The van der Waals surface area contributed by atoms with Crippen molar-refractivity contribution in [2.45, 2.75) is 63.3 Å². The predicted molar refractivity (Wildman–Crippen MR) is 122 cm³/mol. The number of rotatable bonds is 4. The lowest BCUT2D eigenvalue weighted by molar-refractivity contribution is -0.272. The molecule has 0 saturated heterocycles. The van der Waals surface area contributed by atoms with Crippen molar-refractivity contribution in [3.05, 3.63) is 69.5 Å². The van der Waals surface area contributed by atoms with Crippen LogP contribution in [0.15, 0.2) is 47.3 Å². The van der Waals surface area contributed by atoms with Gasteiger partial charge >= 0.3 is 6.18 Å². The molecule has 3 aromatic rings. The van der Waals surface area contributed by atoms with E-state index in [1.807, 2.05) is 13.8 Å². The average Bonchev–Trinajstić information content (AvgIpc) is 2.74. The first-order valence-corrected chi connectivity index (χ1v) is 11.0. The van der Waals surface area contributed by atoms with Crippen LogP contribution < -0.4 is 10.9 Å². The maximum atomic E-state index is 14.4. The van der Waals surface area contributed by atoms with Crippen molar-refractivity contribution < 1.29 is 23.4 Å². The zero-order valence-electron chi connectivity index (χ0n) is 18.6. The second-order valence-corrected chi connectivity index (χ2v) is 9.10. The van der Waals surface area contributed by atoms with E-state index >= 15 is 0 Å². The molecular formula is C25H27F3N2O3. The summed E-state index contributed by atoms with van der Waals surface area (Å²) in [6.45, 7) is 5.53. The van der Waals surface area contributed by atoms with Gasteiger partial charge in [-0.15, -0.1) is 0 Å². The minimum Gasteiger partial charge on any atom is -0.508 e. The molecule has 0 radical (unpaired) electrons. The molecule has 0 amide bonds. The Balaban J connectivity index is 1.97. The zero-order chi connectivity index (χ0) is 24.1. The van der Waals surface area contributed by atoms with Crippen molar-refractivity contribution >= 4 is 16.6 Å². The van der Waals surface area contributed by atoms with Crippen LogP contribution in [-0.4, -0.2) is 27.0 Å². The molecule has 0 unspecified atom stereocenters. The van der Waals surface area contributed by atoms with E-state index in [-0.39, 0.29) is 22.8 Å².